The maximum Gasteiger partial charge on any atom is 0.230 e. The lowest BCUT2D eigenvalue weighted by Gasteiger charge is -2.32. The van der Waals surface area contributed by atoms with Crippen molar-refractivity contribution in [3.63, 3.8) is 0 Å². The molecule has 3 heterocycles. The topological polar surface area (TPSA) is 86.8 Å². The molecular weight excluding hydrogens is 366 g/mol. The molecule has 0 bridgehead atoms. The van der Waals surface area contributed by atoms with Crippen molar-refractivity contribution >= 4 is 17.5 Å². The molecule has 0 spiro atoms. The zero-order valence-corrected chi connectivity index (χ0v) is 14.9. The number of nitrogens with zero attached hydrogens (tertiary/aromatic N) is 4. The highest BCUT2D eigenvalue weighted by Gasteiger charge is 2.27. The summed E-state index contributed by atoms with van der Waals surface area (Å²) in [5.74, 6) is -0.681. The van der Waals surface area contributed by atoms with Crippen LogP contribution in [0.1, 0.15) is 12.8 Å². The van der Waals surface area contributed by atoms with Gasteiger partial charge < -0.3 is 10.2 Å². The quantitative estimate of drug-likeness (QED) is 0.722. The van der Waals surface area contributed by atoms with Crippen molar-refractivity contribution in [2.45, 2.75) is 12.8 Å². The van der Waals surface area contributed by atoms with Crippen LogP contribution in [-0.4, -0.2) is 39.2 Å². The molecule has 144 valence electrons. The Morgan fingerprint density at radius 3 is 2.75 bits per heavy atom. The average molecular weight is 384 g/mol. The Balaban J connectivity index is 1.43. The van der Waals surface area contributed by atoms with Crippen LogP contribution in [-0.2, 0) is 4.79 Å². The normalized spacial score (nSPS) is 16.8. The van der Waals surface area contributed by atoms with Gasteiger partial charge in [0, 0.05) is 43.2 Å². The van der Waals surface area contributed by atoms with E-state index in [4.69, 9.17) is 0 Å². The summed E-state index contributed by atoms with van der Waals surface area (Å²) < 4.78 is 26.8. The first-order valence-corrected chi connectivity index (χ1v) is 8.92. The number of aromatic amines is 1. The highest BCUT2D eigenvalue weighted by atomic mass is 19.1. The zero-order chi connectivity index (χ0) is 19.5. The summed E-state index contributed by atoms with van der Waals surface area (Å²) in [5, 5.41) is 9.49. The molecule has 1 aromatic carbocycles. The number of piperidine rings is 1. The third kappa shape index (κ3) is 3.98. The van der Waals surface area contributed by atoms with E-state index in [9.17, 15) is 13.6 Å². The van der Waals surface area contributed by atoms with E-state index in [-0.39, 0.29) is 11.8 Å². The molecule has 2 aromatic heterocycles. The lowest BCUT2D eigenvalue weighted by atomic mass is 9.97. The summed E-state index contributed by atoms with van der Waals surface area (Å²) >= 11 is 0. The average Bonchev–Trinajstić information content (AvgIpc) is 3.16. The Kier molecular flexibility index (Phi) is 4.96. The van der Waals surface area contributed by atoms with E-state index in [0.717, 1.165) is 31.3 Å². The number of carbonyl (C=O) groups excluding carboxylic acids is 1. The lowest BCUT2D eigenvalue weighted by Crippen LogP contribution is -2.41. The van der Waals surface area contributed by atoms with Crippen LogP contribution in [0.15, 0.2) is 42.9 Å². The Morgan fingerprint density at radius 1 is 1.18 bits per heavy atom. The number of halogens is 2. The Morgan fingerprint density at radius 2 is 2.00 bits per heavy atom. The van der Waals surface area contributed by atoms with Gasteiger partial charge in [-0.3, -0.25) is 14.9 Å². The summed E-state index contributed by atoms with van der Waals surface area (Å²) in [6.45, 7) is 1.36. The zero-order valence-electron chi connectivity index (χ0n) is 14.9. The standard InChI is InChI=1S/C19H18F2N6O/c20-14-6-13(7-15(21)8-14)16-9-17(26-25-16)24-19(28)12-2-1-5-27(11-12)18-10-22-3-4-23-18/h3-4,6-10,12H,1-2,5,11H2,(H2,24,25,26,28). The summed E-state index contributed by atoms with van der Waals surface area (Å²) in [4.78, 5) is 23.0. The predicted molar refractivity (Wildman–Crippen MR) is 99.5 cm³/mol. The Labute approximate surface area is 159 Å². The van der Waals surface area contributed by atoms with Gasteiger partial charge in [-0.1, -0.05) is 0 Å². The minimum Gasteiger partial charge on any atom is -0.355 e. The summed E-state index contributed by atoms with van der Waals surface area (Å²) in [7, 11) is 0. The van der Waals surface area contributed by atoms with Gasteiger partial charge in [-0.25, -0.2) is 13.8 Å². The maximum absolute atomic E-state index is 13.4. The van der Waals surface area contributed by atoms with Gasteiger partial charge in [0.2, 0.25) is 5.91 Å². The molecule has 1 amide bonds. The predicted octanol–water partition coefficient (Wildman–Crippen LogP) is 3.00. The Bertz CT molecular complexity index is 957. The SMILES string of the molecule is O=C(Nc1cc(-c2cc(F)cc(F)c2)[nH]n1)C1CCCN(c2cnccn2)C1. The molecule has 1 atom stereocenters. The third-order valence-electron chi connectivity index (χ3n) is 4.67. The van der Waals surface area contributed by atoms with E-state index in [1.54, 1.807) is 24.7 Å². The van der Waals surface area contributed by atoms with Crippen molar-refractivity contribution in [1.82, 2.24) is 20.2 Å². The van der Waals surface area contributed by atoms with Crippen LogP contribution in [0.5, 0.6) is 0 Å². The fourth-order valence-corrected chi connectivity index (χ4v) is 3.33. The monoisotopic (exact) mass is 384 g/mol. The van der Waals surface area contributed by atoms with Crippen LogP contribution < -0.4 is 10.2 Å². The molecule has 1 unspecified atom stereocenters. The smallest absolute Gasteiger partial charge is 0.230 e. The number of anilines is 2. The summed E-state index contributed by atoms with van der Waals surface area (Å²) in [6, 6.07) is 4.74. The van der Waals surface area contributed by atoms with Crippen LogP contribution in [0.4, 0.5) is 20.4 Å². The first-order valence-electron chi connectivity index (χ1n) is 8.92. The van der Waals surface area contributed by atoms with Crippen LogP contribution in [0.2, 0.25) is 0 Å². The molecule has 4 rings (SSSR count). The van der Waals surface area contributed by atoms with E-state index >= 15 is 0 Å². The maximum atomic E-state index is 13.4. The molecule has 0 saturated carbocycles. The minimum absolute atomic E-state index is 0.155. The highest BCUT2D eigenvalue weighted by molar-refractivity contribution is 5.92. The fraction of sp³-hybridized carbons (Fsp3) is 0.263. The second-order valence-electron chi connectivity index (χ2n) is 6.66. The third-order valence-corrected chi connectivity index (χ3v) is 4.67. The van der Waals surface area contributed by atoms with E-state index in [2.05, 4.69) is 25.5 Å². The van der Waals surface area contributed by atoms with Crippen molar-refractivity contribution in [2.24, 2.45) is 5.92 Å². The van der Waals surface area contributed by atoms with Crippen molar-refractivity contribution in [1.29, 1.82) is 0 Å². The fourth-order valence-electron chi connectivity index (χ4n) is 3.33. The first kappa shape index (κ1) is 18.0. The van der Waals surface area contributed by atoms with Gasteiger partial charge in [0.15, 0.2) is 5.82 Å². The van der Waals surface area contributed by atoms with E-state index < -0.39 is 11.6 Å². The van der Waals surface area contributed by atoms with Gasteiger partial charge in [-0.15, -0.1) is 0 Å². The molecule has 1 aliphatic heterocycles. The van der Waals surface area contributed by atoms with Gasteiger partial charge in [-0.05, 0) is 25.0 Å². The molecular formula is C19H18F2N6O. The van der Waals surface area contributed by atoms with Crippen molar-refractivity contribution in [3.8, 4) is 11.3 Å². The number of hydrogen-bond acceptors (Lipinski definition) is 5. The largest absolute Gasteiger partial charge is 0.355 e. The second kappa shape index (κ2) is 7.71. The molecule has 9 heteroatoms. The van der Waals surface area contributed by atoms with Crippen LogP contribution >= 0.6 is 0 Å². The number of H-pyrrole nitrogens is 1. The number of nitrogens with one attached hydrogen (secondary N) is 2. The molecule has 0 radical (unpaired) electrons. The van der Waals surface area contributed by atoms with E-state index in [1.807, 2.05) is 4.90 Å². The molecule has 1 aliphatic rings. The summed E-state index contributed by atoms with van der Waals surface area (Å²) in [5.41, 5.74) is 0.732. The molecule has 2 N–H and O–H groups in total. The van der Waals surface area contributed by atoms with Gasteiger partial charge in [0.1, 0.15) is 17.5 Å². The number of rotatable bonds is 4. The molecule has 3 aromatic rings. The second-order valence-corrected chi connectivity index (χ2v) is 6.66. The van der Waals surface area contributed by atoms with Gasteiger partial charge in [0.05, 0.1) is 17.8 Å². The number of amides is 1. The molecule has 1 saturated heterocycles. The molecule has 28 heavy (non-hydrogen) atoms. The first-order chi connectivity index (χ1) is 13.6. The Hall–Kier alpha value is -3.36. The van der Waals surface area contributed by atoms with Crippen LogP contribution in [0.25, 0.3) is 11.3 Å². The van der Waals surface area contributed by atoms with Crippen molar-refractivity contribution < 1.29 is 13.6 Å². The number of hydrogen-bond donors (Lipinski definition) is 2. The number of carbonyl (C=O) groups is 1. The highest BCUT2D eigenvalue weighted by Crippen LogP contribution is 2.24. The minimum atomic E-state index is -0.679. The van der Waals surface area contributed by atoms with E-state index in [0.29, 0.717) is 23.6 Å². The number of benzene rings is 1. The van der Waals surface area contributed by atoms with Gasteiger partial charge in [-0.2, -0.15) is 5.10 Å². The number of aromatic nitrogens is 4. The van der Waals surface area contributed by atoms with Gasteiger partial charge in [0.25, 0.3) is 0 Å². The van der Waals surface area contributed by atoms with Crippen molar-refractivity contribution in [3.05, 3.63) is 54.5 Å². The molecule has 0 aliphatic carbocycles. The van der Waals surface area contributed by atoms with Crippen LogP contribution in [0, 0.1) is 17.6 Å². The van der Waals surface area contributed by atoms with Gasteiger partial charge >= 0.3 is 0 Å². The van der Waals surface area contributed by atoms with Crippen LogP contribution in [0.3, 0.4) is 0 Å². The molecule has 1 fully saturated rings. The van der Waals surface area contributed by atoms with E-state index in [1.165, 1.54) is 12.1 Å². The molecule has 7 nitrogen and oxygen atoms in total. The lowest BCUT2D eigenvalue weighted by molar-refractivity contribution is -0.120. The summed E-state index contributed by atoms with van der Waals surface area (Å²) in [6.07, 6.45) is 6.53. The van der Waals surface area contributed by atoms with Crippen molar-refractivity contribution in [2.75, 3.05) is 23.3 Å².